The maximum atomic E-state index is 12.0. The van der Waals surface area contributed by atoms with Crippen molar-refractivity contribution in [3.8, 4) is 0 Å². The first-order valence-corrected chi connectivity index (χ1v) is 2.64. The molecule has 0 aromatic heterocycles. The zero-order valence-corrected chi connectivity index (χ0v) is 5.76. The number of hydrogen-bond donors (Lipinski definition) is 1. The molecular formula is C6H8FNO2. The highest BCUT2D eigenvalue weighted by Crippen LogP contribution is 1.95. The third kappa shape index (κ3) is 3.77. The maximum absolute atomic E-state index is 12.0. The number of nitrogens with zero attached hydrogens (tertiary/aromatic N) is 1. The van der Waals surface area contributed by atoms with E-state index < -0.39 is 11.8 Å². The molecule has 0 aliphatic heterocycles. The minimum atomic E-state index is -1.59. The second-order valence-corrected chi connectivity index (χ2v) is 1.86. The summed E-state index contributed by atoms with van der Waals surface area (Å²) >= 11 is 0. The molecule has 0 saturated heterocycles. The summed E-state index contributed by atoms with van der Waals surface area (Å²) < 4.78 is 12.0. The Morgan fingerprint density at radius 1 is 1.60 bits per heavy atom. The lowest BCUT2D eigenvalue weighted by molar-refractivity contribution is -0.134. The van der Waals surface area contributed by atoms with Crippen LogP contribution in [0.2, 0.25) is 0 Å². The van der Waals surface area contributed by atoms with Crippen LogP contribution in [0.1, 0.15) is 13.8 Å². The van der Waals surface area contributed by atoms with E-state index in [1.54, 1.807) is 13.8 Å². The largest absolute Gasteiger partial charge is 0.476 e. The molecule has 0 heterocycles. The summed E-state index contributed by atoms with van der Waals surface area (Å²) in [5.74, 6) is -2.84. The quantitative estimate of drug-likeness (QED) is 0.471. The number of aliphatic carboxylic acids is 1. The first kappa shape index (κ1) is 8.81. The van der Waals surface area contributed by atoms with Crippen molar-refractivity contribution < 1.29 is 14.3 Å². The van der Waals surface area contributed by atoms with E-state index in [-0.39, 0.29) is 0 Å². The predicted octanol–water partition coefficient (Wildman–Crippen LogP) is 1.36. The molecule has 0 unspecified atom stereocenters. The molecular weight excluding hydrogens is 137 g/mol. The summed E-state index contributed by atoms with van der Waals surface area (Å²) in [6, 6.07) is 0. The highest BCUT2D eigenvalue weighted by atomic mass is 19.1. The van der Waals surface area contributed by atoms with Gasteiger partial charge in [-0.2, -0.15) is 4.39 Å². The summed E-state index contributed by atoms with van der Waals surface area (Å²) in [5, 5.41) is 7.98. The molecule has 1 N–H and O–H groups in total. The first-order chi connectivity index (χ1) is 4.54. The van der Waals surface area contributed by atoms with Crippen molar-refractivity contribution >= 4 is 11.7 Å². The lowest BCUT2D eigenvalue weighted by Gasteiger charge is -1.84. The molecule has 4 heteroatoms. The van der Waals surface area contributed by atoms with E-state index in [0.717, 1.165) is 0 Å². The summed E-state index contributed by atoms with van der Waals surface area (Å²) in [5.41, 5.74) is 0.608. The Hall–Kier alpha value is -1.19. The molecule has 0 aromatic rings. The molecule has 0 atom stereocenters. The van der Waals surface area contributed by atoms with Crippen LogP contribution in [0.25, 0.3) is 0 Å². The van der Waals surface area contributed by atoms with Gasteiger partial charge in [-0.1, -0.05) is 0 Å². The van der Waals surface area contributed by atoms with Gasteiger partial charge in [-0.25, -0.2) is 4.79 Å². The Morgan fingerprint density at radius 3 is 2.40 bits per heavy atom. The zero-order chi connectivity index (χ0) is 8.15. The summed E-state index contributed by atoms with van der Waals surface area (Å²) in [4.78, 5) is 13.2. The number of rotatable bonds is 2. The molecule has 0 rings (SSSR count). The van der Waals surface area contributed by atoms with E-state index in [1.165, 1.54) is 0 Å². The van der Waals surface area contributed by atoms with Crippen molar-refractivity contribution in [2.24, 2.45) is 4.99 Å². The van der Waals surface area contributed by atoms with Crippen LogP contribution < -0.4 is 0 Å². The van der Waals surface area contributed by atoms with Crippen LogP contribution in [0, 0.1) is 0 Å². The third-order valence-electron chi connectivity index (χ3n) is 0.640. The number of carbonyl (C=O) groups is 1. The number of halogens is 1. The number of hydrogen-bond acceptors (Lipinski definition) is 2. The van der Waals surface area contributed by atoms with Gasteiger partial charge in [-0.3, -0.25) is 4.99 Å². The van der Waals surface area contributed by atoms with Crippen LogP contribution in [0.15, 0.2) is 17.0 Å². The van der Waals surface area contributed by atoms with Crippen LogP contribution in [0.4, 0.5) is 4.39 Å². The van der Waals surface area contributed by atoms with Gasteiger partial charge in [-0.15, -0.1) is 0 Å². The molecule has 0 saturated carbocycles. The van der Waals surface area contributed by atoms with E-state index in [0.29, 0.717) is 11.9 Å². The number of carboxylic acids is 1. The molecule has 0 bridgehead atoms. The summed E-state index contributed by atoms with van der Waals surface area (Å²) in [7, 11) is 0. The highest BCUT2D eigenvalue weighted by Gasteiger charge is 2.02. The second-order valence-electron chi connectivity index (χ2n) is 1.86. The van der Waals surface area contributed by atoms with E-state index in [1.807, 2.05) is 0 Å². The van der Waals surface area contributed by atoms with E-state index in [4.69, 9.17) is 5.11 Å². The van der Waals surface area contributed by atoms with Gasteiger partial charge in [0.2, 0.25) is 5.83 Å². The Bertz CT molecular complexity index is 192. The van der Waals surface area contributed by atoms with Gasteiger partial charge in [0, 0.05) is 5.71 Å². The second kappa shape index (κ2) is 3.76. The highest BCUT2D eigenvalue weighted by molar-refractivity contribution is 5.85. The molecule has 0 fully saturated rings. The van der Waals surface area contributed by atoms with Gasteiger partial charge in [0.05, 0.1) is 6.20 Å². The predicted molar refractivity (Wildman–Crippen MR) is 35.6 cm³/mol. The number of aliphatic imine (C=N–C) groups is 1. The lowest BCUT2D eigenvalue weighted by atomic mass is 10.5. The molecule has 10 heavy (non-hydrogen) atoms. The fraction of sp³-hybridized carbons (Fsp3) is 0.333. The lowest BCUT2D eigenvalue weighted by Crippen LogP contribution is -1.93. The fourth-order valence-electron chi connectivity index (χ4n) is 0.241. The van der Waals surface area contributed by atoms with E-state index in [2.05, 4.69) is 4.99 Å². The number of carboxylic acid groups (broad SMARTS) is 1. The molecule has 0 amide bonds. The van der Waals surface area contributed by atoms with Crippen LogP contribution in [-0.2, 0) is 4.79 Å². The molecule has 3 nitrogen and oxygen atoms in total. The molecule has 0 aliphatic carbocycles. The normalized spacial score (nSPS) is 10.9. The smallest absolute Gasteiger partial charge is 0.366 e. The van der Waals surface area contributed by atoms with Gasteiger partial charge in [0.15, 0.2) is 0 Å². The fourth-order valence-corrected chi connectivity index (χ4v) is 0.241. The molecule has 56 valence electrons. The van der Waals surface area contributed by atoms with Crippen molar-refractivity contribution in [1.82, 2.24) is 0 Å². The van der Waals surface area contributed by atoms with Crippen LogP contribution in [0.3, 0.4) is 0 Å². The summed E-state index contributed by atoms with van der Waals surface area (Å²) in [6.45, 7) is 3.29. The molecule has 0 aliphatic rings. The van der Waals surface area contributed by atoms with E-state index >= 15 is 0 Å². The average Bonchev–Trinajstić information content (AvgIpc) is 1.82. The average molecular weight is 145 g/mol. The zero-order valence-electron chi connectivity index (χ0n) is 5.76. The third-order valence-corrected chi connectivity index (χ3v) is 0.640. The van der Waals surface area contributed by atoms with Gasteiger partial charge in [-0.05, 0) is 13.8 Å². The summed E-state index contributed by atoms with van der Waals surface area (Å²) in [6.07, 6.45) is 0.678. The molecule has 0 spiro atoms. The molecule has 0 aromatic carbocycles. The Labute approximate surface area is 57.9 Å². The first-order valence-electron chi connectivity index (χ1n) is 2.64. The van der Waals surface area contributed by atoms with Crippen molar-refractivity contribution in [2.75, 3.05) is 0 Å². The Kier molecular flexibility index (Phi) is 3.32. The van der Waals surface area contributed by atoms with E-state index in [9.17, 15) is 9.18 Å². The van der Waals surface area contributed by atoms with Crippen molar-refractivity contribution in [2.45, 2.75) is 13.8 Å². The SMILES string of the molecule is CC(C)=N/C=C(\F)C(=O)O. The molecule has 0 radical (unpaired) electrons. The minimum Gasteiger partial charge on any atom is -0.476 e. The monoisotopic (exact) mass is 145 g/mol. The van der Waals surface area contributed by atoms with Gasteiger partial charge in [0.25, 0.3) is 0 Å². The Balaban J connectivity index is 4.19. The van der Waals surface area contributed by atoms with Gasteiger partial charge >= 0.3 is 5.97 Å². The van der Waals surface area contributed by atoms with Crippen LogP contribution in [0.5, 0.6) is 0 Å². The topological polar surface area (TPSA) is 49.7 Å². The van der Waals surface area contributed by atoms with Crippen molar-refractivity contribution in [3.05, 3.63) is 12.0 Å². The van der Waals surface area contributed by atoms with Crippen molar-refractivity contribution in [3.63, 3.8) is 0 Å². The Morgan fingerprint density at radius 2 is 2.10 bits per heavy atom. The minimum absolute atomic E-state index is 0.608. The standard InChI is InChI=1S/C6H8FNO2/c1-4(2)8-3-5(7)6(9)10/h3H,1-2H3,(H,9,10)/b5-3-. The van der Waals surface area contributed by atoms with Crippen LogP contribution in [-0.4, -0.2) is 16.8 Å². The van der Waals surface area contributed by atoms with Crippen LogP contribution >= 0.6 is 0 Å². The maximum Gasteiger partial charge on any atom is 0.366 e. The van der Waals surface area contributed by atoms with Crippen molar-refractivity contribution in [1.29, 1.82) is 0 Å². The van der Waals surface area contributed by atoms with Gasteiger partial charge in [0.1, 0.15) is 0 Å². The van der Waals surface area contributed by atoms with Gasteiger partial charge < -0.3 is 5.11 Å².